The number of hydrogen-bond acceptors (Lipinski definition) is 2. The van der Waals surface area contributed by atoms with Gasteiger partial charge in [0.25, 0.3) is 0 Å². The molecule has 0 aliphatic carbocycles. The van der Waals surface area contributed by atoms with E-state index in [1.54, 1.807) is 0 Å². The van der Waals surface area contributed by atoms with Crippen molar-refractivity contribution in [1.82, 2.24) is 0 Å². The van der Waals surface area contributed by atoms with Crippen LogP contribution < -0.4 is 0 Å². The Kier molecular flexibility index (Phi) is 4.35. The van der Waals surface area contributed by atoms with E-state index < -0.39 is 0 Å². The molecular formula is C15H20O2. The average Bonchev–Trinajstić information content (AvgIpc) is 2.77. The van der Waals surface area contributed by atoms with Gasteiger partial charge in [-0.25, -0.2) is 0 Å². The van der Waals surface area contributed by atoms with Gasteiger partial charge in [-0.1, -0.05) is 42.5 Å². The molecule has 2 nitrogen and oxygen atoms in total. The van der Waals surface area contributed by atoms with Gasteiger partial charge in [0, 0.05) is 6.42 Å². The monoisotopic (exact) mass is 232 g/mol. The first-order valence-electron chi connectivity index (χ1n) is 6.25. The summed E-state index contributed by atoms with van der Waals surface area (Å²) in [6, 6.07) is 10.5. The van der Waals surface area contributed by atoms with Crippen LogP contribution in [0.4, 0.5) is 0 Å². The molecule has 1 aromatic carbocycles. The van der Waals surface area contributed by atoms with Crippen LogP contribution in [0.2, 0.25) is 0 Å². The van der Waals surface area contributed by atoms with Crippen LogP contribution in [-0.4, -0.2) is 19.0 Å². The Morgan fingerprint density at radius 3 is 2.53 bits per heavy atom. The Balaban J connectivity index is 1.68. The van der Waals surface area contributed by atoms with Crippen LogP contribution in [0.25, 0.3) is 0 Å². The summed E-state index contributed by atoms with van der Waals surface area (Å²) in [5.41, 5.74) is 1.35. The summed E-state index contributed by atoms with van der Waals surface area (Å²) in [5, 5.41) is 0. The maximum Gasteiger partial charge on any atom is 0.166 e. The summed E-state index contributed by atoms with van der Waals surface area (Å²) >= 11 is 0. The van der Waals surface area contributed by atoms with Crippen LogP contribution in [0, 0.1) is 0 Å². The molecule has 0 N–H and O–H groups in total. The number of hydrogen-bond donors (Lipinski definition) is 0. The maximum absolute atomic E-state index is 5.55. The lowest BCUT2D eigenvalue weighted by Crippen LogP contribution is -2.24. The molecule has 17 heavy (non-hydrogen) atoms. The molecule has 1 fully saturated rings. The van der Waals surface area contributed by atoms with E-state index >= 15 is 0 Å². The van der Waals surface area contributed by atoms with Crippen molar-refractivity contribution in [3.8, 4) is 0 Å². The zero-order valence-corrected chi connectivity index (χ0v) is 10.4. The average molecular weight is 232 g/mol. The SMILES string of the molecule is CC1(CC/C=C/Cc2ccccc2)OCCO1. The lowest BCUT2D eigenvalue weighted by Gasteiger charge is -2.20. The molecule has 1 aliphatic rings. The summed E-state index contributed by atoms with van der Waals surface area (Å²) in [6.07, 6.45) is 7.36. The molecule has 0 bridgehead atoms. The number of benzene rings is 1. The highest BCUT2D eigenvalue weighted by Crippen LogP contribution is 2.24. The van der Waals surface area contributed by atoms with Gasteiger partial charge in [-0.15, -0.1) is 0 Å². The van der Waals surface area contributed by atoms with Crippen molar-refractivity contribution in [2.45, 2.75) is 32.0 Å². The quantitative estimate of drug-likeness (QED) is 0.725. The lowest BCUT2D eigenvalue weighted by molar-refractivity contribution is -0.145. The molecule has 2 rings (SSSR count). The van der Waals surface area contributed by atoms with E-state index in [0.29, 0.717) is 0 Å². The van der Waals surface area contributed by atoms with Gasteiger partial charge in [0.15, 0.2) is 5.79 Å². The van der Waals surface area contributed by atoms with Crippen molar-refractivity contribution in [2.24, 2.45) is 0 Å². The van der Waals surface area contributed by atoms with Crippen LogP contribution >= 0.6 is 0 Å². The van der Waals surface area contributed by atoms with Crippen LogP contribution in [0.5, 0.6) is 0 Å². The van der Waals surface area contributed by atoms with E-state index in [1.165, 1.54) is 5.56 Å². The van der Waals surface area contributed by atoms with Crippen molar-refractivity contribution < 1.29 is 9.47 Å². The van der Waals surface area contributed by atoms with Gasteiger partial charge in [-0.05, 0) is 25.3 Å². The Hall–Kier alpha value is -1.12. The smallest absolute Gasteiger partial charge is 0.166 e. The fourth-order valence-corrected chi connectivity index (χ4v) is 2.00. The minimum Gasteiger partial charge on any atom is -0.348 e. The number of ether oxygens (including phenoxy) is 2. The fraction of sp³-hybridized carbons (Fsp3) is 0.467. The van der Waals surface area contributed by atoms with E-state index in [4.69, 9.17) is 9.47 Å². The summed E-state index contributed by atoms with van der Waals surface area (Å²) in [6.45, 7) is 3.47. The van der Waals surface area contributed by atoms with Crippen molar-refractivity contribution in [1.29, 1.82) is 0 Å². The van der Waals surface area contributed by atoms with Crippen LogP contribution in [-0.2, 0) is 15.9 Å². The van der Waals surface area contributed by atoms with E-state index in [-0.39, 0.29) is 5.79 Å². The zero-order chi connectivity index (χ0) is 12.0. The molecule has 0 atom stereocenters. The molecule has 0 aromatic heterocycles. The Morgan fingerprint density at radius 1 is 1.12 bits per heavy atom. The van der Waals surface area contributed by atoms with Gasteiger partial charge in [0.05, 0.1) is 13.2 Å². The van der Waals surface area contributed by atoms with E-state index in [0.717, 1.165) is 32.5 Å². The second-order valence-corrected chi connectivity index (χ2v) is 4.53. The molecule has 0 radical (unpaired) electrons. The van der Waals surface area contributed by atoms with E-state index in [2.05, 4.69) is 36.4 Å². The molecule has 0 spiro atoms. The van der Waals surface area contributed by atoms with Crippen LogP contribution in [0.1, 0.15) is 25.3 Å². The van der Waals surface area contributed by atoms with Gasteiger partial charge in [-0.3, -0.25) is 0 Å². The third-order valence-corrected chi connectivity index (χ3v) is 3.03. The second-order valence-electron chi connectivity index (χ2n) is 4.53. The fourth-order valence-electron chi connectivity index (χ4n) is 2.00. The first-order valence-corrected chi connectivity index (χ1v) is 6.25. The maximum atomic E-state index is 5.55. The number of allylic oxidation sites excluding steroid dienone is 2. The highest BCUT2D eigenvalue weighted by atomic mass is 16.7. The molecular weight excluding hydrogens is 212 g/mol. The summed E-state index contributed by atoms with van der Waals surface area (Å²) in [7, 11) is 0. The van der Waals surface area contributed by atoms with Crippen LogP contribution in [0.15, 0.2) is 42.5 Å². The summed E-state index contributed by atoms with van der Waals surface area (Å²) in [5.74, 6) is -0.350. The largest absolute Gasteiger partial charge is 0.348 e. The molecule has 1 heterocycles. The highest BCUT2D eigenvalue weighted by Gasteiger charge is 2.29. The van der Waals surface area contributed by atoms with E-state index in [9.17, 15) is 0 Å². The van der Waals surface area contributed by atoms with Gasteiger partial charge in [0.1, 0.15) is 0 Å². The third kappa shape index (κ3) is 3.99. The molecule has 92 valence electrons. The van der Waals surface area contributed by atoms with E-state index in [1.807, 2.05) is 13.0 Å². The molecule has 0 amide bonds. The first kappa shape index (κ1) is 12.3. The number of rotatable bonds is 5. The Labute approximate surface area is 103 Å². The summed E-state index contributed by atoms with van der Waals surface area (Å²) < 4.78 is 11.1. The predicted octanol–water partition coefficient (Wildman–Crippen LogP) is 3.33. The molecule has 0 unspecified atom stereocenters. The molecule has 1 saturated heterocycles. The molecule has 0 saturated carbocycles. The molecule has 1 aromatic rings. The van der Waals surface area contributed by atoms with Gasteiger partial charge < -0.3 is 9.47 Å². The first-order chi connectivity index (χ1) is 8.29. The van der Waals surface area contributed by atoms with Gasteiger partial charge >= 0.3 is 0 Å². The minimum atomic E-state index is -0.350. The molecule has 1 aliphatic heterocycles. The highest BCUT2D eigenvalue weighted by molar-refractivity contribution is 5.17. The van der Waals surface area contributed by atoms with Crippen molar-refractivity contribution in [3.63, 3.8) is 0 Å². The zero-order valence-electron chi connectivity index (χ0n) is 10.4. The standard InChI is InChI=1S/C15H20O2/c1-15(16-12-13-17-15)11-7-3-6-10-14-8-4-2-5-9-14/h2-6,8-9H,7,10-13H2,1H3/b6-3+. The summed E-state index contributed by atoms with van der Waals surface area (Å²) in [4.78, 5) is 0. The van der Waals surface area contributed by atoms with Crippen molar-refractivity contribution >= 4 is 0 Å². The second kappa shape index (κ2) is 5.99. The van der Waals surface area contributed by atoms with Gasteiger partial charge in [0.2, 0.25) is 0 Å². The minimum absolute atomic E-state index is 0.350. The lowest BCUT2D eigenvalue weighted by atomic mass is 10.1. The topological polar surface area (TPSA) is 18.5 Å². The van der Waals surface area contributed by atoms with Crippen molar-refractivity contribution in [2.75, 3.05) is 13.2 Å². The van der Waals surface area contributed by atoms with Gasteiger partial charge in [-0.2, -0.15) is 0 Å². The predicted molar refractivity (Wildman–Crippen MR) is 68.8 cm³/mol. The Bertz CT molecular complexity index is 350. The third-order valence-electron chi connectivity index (χ3n) is 3.03. The van der Waals surface area contributed by atoms with Crippen molar-refractivity contribution in [3.05, 3.63) is 48.0 Å². The Morgan fingerprint density at radius 2 is 1.82 bits per heavy atom. The normalized spacial score (nSPS) is 18.9. The molecule has 2 heteroatoms. The van der Waals surface area contributed by atoms with Crippen LogP contribution in [0.3, 0.4) is 0 Å².